The molecule has 2 aromatic rings. The molecule has 0 saturated heterocycles. The summed E-state index contributed by atoms with van der Waals surface area (Å²) in [5.74, 6) is -0.353. The molecule has 0 unspecified atom stereocenters. The average Bonchev–Trinajstić information content (AvgIpc) is 2.76. The van der Waals surface area contributed by atoms with Gasteiger partial charge in [-0.1, -0.05) is 35.2 Å². The third kappa shape index (κ3) is 3.93. The molecule has 19 heavy (non-hydrogen) atoms. The topological polar surface area (TPSA) is 80.9 Å². The van der Waals surface area contributed by atoms with Gasteiger partial charge in [-0.25, -0.2) is 0 Å². The van der Waals surface area contributed by atoms with Crippen molar-refractivity contribution in [3.63, 3.8) is 0 Å². The third-order valence-electron chi connectivity index (χ3n) is 2.35. The lowest BCUT2D eigenvalue weighted by molar-refractivity contribution is -0.117. The van der Waals surface area contributed by atoms with Crippen molar-refractivity contribution < 1.29 is 4.79 Å². The lowest BCUT2D eigenvalue weighted by atomic mass is 10.2. The summed E-state index contributed by atoms with van der Waals surface area (Å²) in [6.45, 7) is 3.78. The van der Waals surface area contributed by atoms with Crippen LogP contribution in [0.4, 0.5) is 10.8 Å². The molecular formula is C12H14N4OS2. The smallest absolute Gasteiger partial charge is 0.230 e. The molecule has 7 heteroatoms. The van der Waals surface area contributed by atoms with E-state index in [1.54, 1.807) is 6.92 Å². The number of anilines is 2. The molecule has 1 aromatic heterocycles. The predicted molar refractivity (Wildman–Crippen MR) is 78.9 cm³/mol. The Hall–Kier alpha value is -1.60. The van der Waals surface area contributed by atoms with E-state index >= 15 is 0 Å². The van der Waals surface area contributed by atoms with Gasteiger partial charge in [0.25, 0.3) is 0 Å². The fraction of sp³-hybridized carbons (Fsp3) is 0.250. The summed E-state index contributed by atoms with van der Waals surface area (Å²) >= 11 is 2.72. The Bertz CT molecular complexity index is 585. The van der Waals surface area contributed by atoms with Crippen molar-refractivity contribution in [2.75, 3.05) is 5.32 Å². The number of nitrogens with zero attached hydrogens (tertiary/aromatic N) is 2. The van der Waals surface area contributed by atoms with Gasteiger partial charge < -0.3 is 11.1 Å². The molecule has 0 aliphatic heterocycles. The van der Waals surface area contributed by atoms with Crippen LogP contribution in [0.3, 0.4) is 0 Å². The van der Waals surface area contributed by atoms with Gasteiger partial charge in [-0.05, 0) is 31.5 Å². The number of primary amides is 1. The van der Waals surface area contributed by atoms with Crippen molar-refractivity contribution in [1.29, 1.82) is 0 Å². The Morgan fingerprint density at radius 1 is 1.47 bits per heavy atom. The first kappa shape index (κ1) is 13.8. The van der Waals surface area contributed by atoms with Crippen LogP contribution in [0.25, 0.3) is 0 Å². The van der Waals surface area contributed by atoms with E-state index in [9.17, 15) is 4.79 Å². The fourth-order valence-corrected chi connectivity index (χ4v) is 3.23. The Balaban J connectivity index is 2.03. The maximum atomic E-state index is 11.0. The van der Waals surface area contributed by atoms with Gasteiger partial charge in [-0.3, -0.25) is 4.79 Å². The minimum atomic E-state index is -0.353. The van der Waals surface area contributed by atoms with E-state index < -0.39 is 0 Å². The number of hydrogen-bond donors (Lipinski definition) is 2. The zero-order valence-electron chi connectivity index (χ0n) is 10.6. The summed E-state index contributed by atoms with van der Waals surface area (Å²) < 4.78 is 0.724. The number of carbonyl (C=O) groups is 1. The zero-order chi connectivity index (χ0) is 13.8. The van der Waals surface area contributed by atoms with E-state index in [0.29, 0.717) is 5.13 Å². The van der Waals surface area contributed by atoms with E-state index in [1.807, 2.05) is 31.2 Å². The number of nitrogens with one attached hydrogen (secondary N) is 1. The zero-order valence-corrected chi connectivity index (χ0v) is 12.2. The van der Waals surface area contributed by atoms with Crippen LogP contribution in [0.5, 0.6) is 0 Å². The summed E-state index contributed by atoms with van der Waals surface area (Å²) in [6, 6.07) is 8.00. The molecule has 0 aliphatic carbocycles. The largest absolute Gasteiger partial charge is 0.369 e. The van der Waals surface area contributed by atoms with Gasteiger partial charge in [0, 0.05) is 5.69 Å². The molecular weight excluding hydrogens is 280 g/mol. The molecule has 0 aliphatic rings. The highest BCUT2D eigenvalue weighted by molar-refractivity contribution is 8.02. The maximum absolute atomic E-state index is 11.0. The molecule has 0 spiro atoms. The van der Waals surface area contributed by atoms with E-state index in [1.165, 1.54) is 28.7 Å². The molecule has 3 N–H and O–H groups in total. The van der Waals surface area contributed by atoms with Crippen molar-refractivity contribution in [3.8, 4) is 0 Å². The molecule has 1 amide bonds. The van der Waals surface area contributed by atoms with Crippen LogP contribution in [0.1, 0.15) is 12.5 Å². The van der Waals surface area contributed by atoms with Crippen LogP contribution in [-0.2, 0) is 4.79 Å². The van der Waals surface area contributed by atoms with E-state index in [-0.39, 0.29) is 11.2 Å². The lowest BCUT2D eigenvalue weighted by Crippen LogP contribution is -2.22. The van der Waals surface area contributed by atoms with Gasteiger partial charge in [0.2, 0.25) is 11.0 Å². The molecule has 1 aromatic carbocycles. The summed E-state index contributed by atoms with van der Waals surface area (Å²) in [7, 11) is 0. The highest BCUT2D eigenvalue weighted by Crippen LogP contribution is 2.30. The summed E-state index contributed by atoms with van der Waals surface area (Å²) in [6.07, 6.45) is 0. The van der Waals surface area contributed by atoms with Crippen molar-refractivity contribution in [2.45, 2.75) is 23.4 Å². The van der Waals surface area contributed by atoms with E-state index in [4.69, 9.17) is 5.73 Å². The number of aryl methyl sites for hydroxylation is 1. The number of benzene rings is 1. The van der Waals surface area contributed by atoms with Crippen LogP contribution >= 0.6 is 23.1 Å². The summed E-state index contributed by atoms with van der Waals surface area (Å²) in [4.78, 5) is 11.0. The first-order chi connectivity index (χ1) is 9.04. The van der Waals surface area contributed by atoms with Gasteiger partial charge in [0.05, 0.1) is 5.25 Å². The quantitative estimate of drug-likeness (QED) is 0.828. The van der Waals surface area contributed by atoms with Crippen molar-refractivity contribution in [2.24, 2.45) is 5.73 Å². The molecule has 100 valence electrons. The number of thioether (sulfide) groups is 1. The normalized spacial score (nSPS) is 12.1. The predicted octanol–water partition coefficient (Wildman–Crippen LogP) is 2.56. The highest BCUT2D eigenvalue weighted by Gasteiger charge is 2.14. The highest BCUT2D eigenvalue weighted by atomic mass is 32.2. The monoisotopic (exact) mass is 294 g/mol. The average molecular weight is 294 g/mol. The van der Waals surface area contributed by atoms with Gasteiger partial charge in [0.15, 0.2) is 4.34 Å². The van der Waals surface area contributed by atoms with Gasteiger partial charge >= 0.3 is 0 Å². The molecule has 0 radical (unpaired) electrons. The van der Waals surface area contributed by atoms with Crippen LogP contribution in [0.15, 0.2) is 28.6 Å². The number of hydrogen-bond acceptors (Lipinski definition) is 6. The first-order valence-electron chi connectivity index (χ1n) is 5.68. The Morgan fingerprint density at radius 3 is 2.95 bits per heavy atom. The lowest BCUT2D eigenvalue weighted by Gasteiger charge is -2.02. The minimum Gasteiger partial charge on any atom is -0.369 e. The molecule has 1 heterocycles. The second kappa shape index (κ2) is 6.03. The molecule has 0 fully saturated rings. The van der Waals surface area contributed by atoms with Crippen molar-refractivity contribution in [1.82, 2.24) is 10.2 Å². The molecule has 1 atom stereocenters. The summed E-state index contributed by atoms with van der Waals surface area (Å²) in [5, 5.41) is 11.6. The van der Waals surface area contributed by atoms with Crippen molar-refractivity contribution in [3.05, 3.63) is 29.8 Å². The van der Waals surface area contributed by atoms with Crippen LogP contribution < -0.4 is 11.1 Å². The second-order valence-electron chi connectivity index (χ2n) is 4.03. The van der Waals surface area contributed by atoms with Crippen molar-refractivity contribution >= 4 is 39.8 Å². The molecule has 0 saturated carbocycles. The molecule has 2 rings (SSSR count). The Morgan fingerprint density at radius 2 is 2.26 bits per heavy atom. The van der Waals surface area contributed by atoms with Gasteiger partial charge in [-0.2, -0.15) is 0 Å². The number of nitrogens with two attached hydrogens (primary N) is 1. The minimum absolute atomic E-state index is 0.306. The standard InChI is InChI=1S/C12H14N4OS2/c1-7-4-3-5-9(6-7)14-11-15-16-12(19-11)18-8(2)10(13)17/h3-6,8H,1-2H3,(H2,13,17)(H,14,15)/t8-/m1/s1. The second-order valence-corrected chi connectivity index (χ2v) is 6.60. The number of carbonyl (C=O) groups excluding carboxylic acids is 1. The fourth-order valence-electron chi connectivity index (χ4n) is 1.36. The van der Waals surface area contributed by atoms with E-state index in [0.717, 1.165) is 10.0 Å². The van der Waals surface area contributed by atoms with Crippen LogP contribution in [0, 0.1) is 6.92 Å². The van der Waals surface area contributed by atoms with E-state index in [2.05, 4.69) is 15.5 Å². The van der Waals surface area contributed by atoms with Crippen LogP contribution in [0.2, 0.25) is 0 Å². The molecule has 5 nitrogen and oxygen atoms in total. The third-order valence-corrected chi connectivity index (χ3v) is 4.40. The first-order valence-corrected chi connectivity index (χ1v) is 7.37. The maximum Gasteiger partial charge on any atom is 0.230 e. The summed E-state index contributed by atoms with van der Waals surface area (Å²) in [5.41, 5.74) is 7.35. The SMILES string of the molecule is Cc1cccc(Nc2nnc(S[C@H](C)C(N)=O)s2)c1. The number of rotatable bonds is 5. The Labute approximate surface area is 119 Å². The number of amides is 1. The molecule has 0 bridgehead atoms. The Kier molecular flexibility index (Phi) is 4.39. The van der Waals surface area contributed by atoms with Gasteiger partial charge in [0.1, 0.15) is 0 Å². The number of aromatic nitrogens is 2. The van der Waals surface area contributed by atoms with Crippen LogP contribution in [-0.4, -0.2) is 21.4 Å². The van der Waals surface area contributed by atoms with Gasteiger partial charge in [-0.15, -0.1) is 10.2 Å².